The lowest BCUT2D eigenvalue weighted by molar-refractivity contribution is -0.142. The van der Waals surface area contributed by atoms with Crippen molar-refractivity contribution in [2.24, 2.45) is 41.4 Å². The number of methoxy groups -OCH3 is 1. The molecule has 0 spiro atoms. The molecule has 0 aromatic rings. The quantitative estimate of drug-likeness (QED) is 0.157. The van der Waals surface area contributed by atoms with E-state index >= 15 is 0 Å². The average Bonchev–Trinajstić information content (AvgIpc) is 2.89. The topological polar surface area (TPSA) is 55.8 Å². The van der Waals surface area contributed by atoms with Gasteiger partial charge >= 0.3 is 5.97 Å². The van der Waals surface area contributed by atoms with Crippen molar-refractivity contribution in [3.63, 3.8) is 0 Å². The zero-order valence-corrected chi connectivity index (χ0v) is 22.9. The Labute approximate surface area is 215 Å². The Morgan fingerprint density at radius 3 is 2.06 bits per heavy atom. The number of rotatable bonds is 14. The van der Waals surface area contributed by atoms with Gasteiger partial charge in [-0.1, -0.05) is 77.7 Å². The van der Waals surface area contributed by atoms with Crippen molar-refractivity contribution >= 4 is 5.97 Å². The summed E-state index contributed by atoms with van der Waals surface area (Å²) >= 11 is 0. The van der Waals surface area contributed by atoms with Crippen LogP contribution in [-0.2, 0) is 14.3 Å². The Hall–Kier alpha value is -0.870. The second kappa shape index (κ2) is 15.4. The number of ether oxygens (including phenoxy) is 2. The van der Waals surface area contributed by atoms with Crippen LogP contribution < -0.4 is 0 Å². The fraction of sp³-hybridized carbons (Fsp3) is 0.903. The van der Waals surface area contributed by atoms with Gasteiger partial charge in [-0.25, -0.2) is 4.79 Å². The van der Waals surface area contributed by atoms with Crippen LogP contribution in [0.5, 0.6) is 0 Å². The smallest absolute Gasteiger partial charge is 0.335 e. The monoisotopic (exact) mass is 490 g/mol. The Balaban J connectivity index is 1.33. The second-order valence-electron chi connectivity index (χ2n) is 12.3. The van der Waals surface area contributed by atoms with Crippen LogP contribution >= 0.6 is 0 Å². The largest absolute Gasteiger partial charge is 0.462 e. The summed E-state index contributed by atoms with van der Waals surface area (Å²) in [5.41, 5.74) is 0.124. The molecule has 0 aromatic carbocycles. The van der Waals surface area contributed by atoms with Crippen LogP contribution in [0.2, 0.25) is 0 Å². The van der Waals surface area contributed by atoms with E-state index in [9.17, 15) is 4.79 Å². The Morgan fingerprint density at radius 1 is 0.857 bits per heavy atom. The normalized spacial score (nSPS) is 32.0. The summed E-state index contributed by atoms with van der Waals surface area (Å²) in [4.78, 5) is 11.9. The molecule has 4 heteroatoms. The lowest BCUT2D eigenvalue weighted by Gasteiger charge is -2.43. The van der Waals surface area contributed by atoms with Gasteiger partial charge < -0.3 is 14.6 Å². The molecule has 3 saturated carbocycles. The predicted molar refractivity (Wildman–Crippen MR) is 143 cm³/mol. The van der Waals surface area contributed by atoms with Crippen LogP contribution in [0.3, 0.4) is 0 Å². The van der Waals surface area contributed by atoms with Gasteiger partial charge in [0.1, 0.15) is 0 Å². The van der Waals surface area contributed by atoms with Gasteiger partial charge in [0.15, 0.2) is 0 Å². The average molecular weight is 491 g/mol. The molecular formula is C31H54O4. The van der Waals surface area contributed by atoms with Crippen molar-refractivity contribution in [1.29, 1.82) is 0 Å². The summed E-state index contributed by atoms with van der Waals surface area (Å²) in [7, 11) is 1.72. The van der Waals surface area contributed by atoms with Crippen molar-refractivity contribution in [3.8, 4) is 0 Å². The molecule has 3 aliphatic rings. The maximum absolute atomic E-state index is 11.9. The number of carbonyl (C=O) groups excluding carboxylic acids is 1. The summed E-state index contributed by atoms with van der Waals surface area (Å²) in [6.45, 7) is 6.52. The molecule has 0 aliphatic heterocycles. The van der Waals surface area contributed by atoms with Gasteiger partial charge in [0.25, 0.3) is 0 Å². The van der Waals surface area contributed by atoms with E-state index in [-0.39, 0.29) is 18.1 Å². The lowest BCUT2D eigenvalue weighted by Crippen LogP contribution is -2.32. The minimum atomic E-state index is -0.484. The van der Waals surface area contributed by atoms with E-state index in [0.717, 1.165) is 29.6 Å². The van der Waals surface area contributed by atoms with Crippen molar-refractivity contribution in [3.05, 3.63) is 12.2 Å². The Morgan fingerprint density at radius 2 is 1.46 bits per heavy atom. The van der Waals surface area contributed by atoms with E-state index in [2.05, 4.69) is 13.5 Å². The first kappa shape index (κ1) is 28.7. The predicted octanol–water partition coefficient (Wildman–Crippen LogP) is 7.34. The minimum Gasteiger partial charge on any atom is -0.462 e. The SMILES string of the molecule is C=C(CO)C(=O)OCC(COC)C1CCC(CCC2CCC3CC(CCCCC)CCC3C2)CC1. The van der Waals surface area contributed by atoms with Crippen molar-refractivity contribution in [2.75, 3.05) is 26.9 Å². The summed E-state index contributed by atoms with van der Waals surface area (Å²) in [5, 5.41) is 9.07. The van der Waals surface area contributed by atoms with Crippen molar-refractivity contribution in [1.82, 2.24) is 0 Å². The summed E-state index contributed by atoms with van der Waals surface area (Å²) in [5.74, 6) is 5.28. The number of hydrogen-bond acceptors (Lipinski definition) is 4. The zero-order chi connectivity index (χ0) is 25.0. The standard InChI is InChI=1S/C31H54O4/c1-4-5-6-7-25-12-16-29-19-26(13-17-28(29)18-25)9-8-24-10-14-27(15-11-24)30(21-34-3)22-35-31(33)23(2)20-32/h24-30,32H,2,4-22H2,1,3H3. The fourth-order valence-corrected chi connectivity index (χ4v) is 7.59. The van der Waals surface area contributed by atoms with Gasteiger partial charge in [-0.2, -0.15) is 0 Å². The maximum Gasteiger partial charge on any atom is 0.335 e. The van der Waals surface area contributed by atoms with Gasteiger partial charge in [0, 0.05) is 13.0 Å². The first-order valence-electron chi connectivity index (χ1n) is 15.0. The minimum absolute atomic E-state index is 0.124. The molecule has 0 bridgehead atoms. The van der Waals surface area contributed by atoms with Gasteiger partial charge in [0.05, 0.1) is 25.4 Å². The first-order valence-corrected chi connectivity index (χ1v) is 15.0. The van der Waals surface area contributed by atoms with E-state index in [4.69, 9.17) is 14.6 Å². The number of fused-ring (bicyclic) bond motifs is 1. The molecule has 1 N–H and O–H groups in total. The molecule has 3 fully saturated rings. The second-order valence-corrected chi connectivity index (χ2v) is 12.3. The number of esters is 1. The number of aliphatic hydroxyl groups excluding tert-OH is 1. The molecule has 0 radical (unpaired) electrons. The third-order valence-electron chi connectivity index (χ3n) is 9.88. The van der Waals surface area contributed by atoms with E-state index in [0.29, 0.717) is 19.1 Å². The molecule has 0 amide bonds. The molecule has 202 valence electrons. The Bertz CT molecular complexity index is 623. The zero-order valence-electron chi connectivity index (χ0n) is 22.9. The Kier molecular flexibility index (Phi) is 12.6. The highest BCUT2D eigenvalue weighted by atomic mass is 16.5. The highest BCUT2D eigenvalue weighted by Gasteiger charge is 2.36. The molecule has 4 nitrogen and oxygen atoms in total. The van der Waals surface area contributed by atoms with Crippen molar-refractivity contribution in [2.45, 2.75) is 110 Å². The molecule has 35 heavy (non-hydrogen) atoms. The number of carbonyl (C=O) groups is 1. The third-order valence-corrected chi connectivity index (χ3v) is 9.88. The molecule has 0 aromatic heterocycles. The molecule has 3 rings (SSSR count). The highest BCUT2D eigenvalue weighted by molar-refractivity contribution is 5.87. The van der Waals surface area contributed by atoms with Crippen LogP contribution in [-0.4, -0.2) is 38.0 Å². The molecular weight excluding hydrogens is 436 g/mol. The van der Waals surface area contributed by atoms with Gasteiger partial charge in [-0.15, -0.1) is 0 Å². The molecule has 0 heterocycles. The van der Waals surface area contributed by atoms with Crippen LogP contribution in [0.25, 0.3) is 0 Å². The maximum atomic E-state index is 11.9. The van der Waals surface area contributed by atoms with E-state index in [1.807, 2.05) is 0 Å². The summed E-state index contributed by atoms with van der Waals surface area (Å²) in [6, 6.07) is 0. The number of hydrogen-bond donors (Lipinski definition) is 1. The van der Waals surface area contributed by atoms with E-state index in [1.165, 1.54) is 103 Å². The van der Waals surface area contributed by atoms with Crippen LogP contribution in [0.1, 0.15) is 110 Å². The van der Waals surface area contributed by atoms with Crippen molar-refractivity contribution < 1.29 is 19.4 Å². The van der Waals surface area contributed by atoms with Gasteiger partial charge in [0.2, 0.25) is 0 Å². The van der Waals surface area contributed by atoms with Gasteiger partial charge in [-0.3, -0.25) is 0 Å². The number of aliphatic hydroxyl groups is 1. The third kappa shape index (κ3) is 9.18. The fourth-order valence-electron chi connectivity index (χ4n) is 7.59. The van der Waals surface area contributed by atoms with E-state index < -0.39 is 5.97 Å². The first-order chi connectivity index (χ1) is 17.0. The molecule has 0 saturated heterocycles. The molecule has 3 aliphatic carbocycles. The van der Waals surface area contributed by atoms with Crippen LogP contribution in [0.15, 0.2) is 12.2 Å². The van der Waals surface area contributed by atoms with Gasteiger partial charge in [-0.05, 0) is 74.0 Å². The van der Waals surface area contributed by atoms with Crippen LogP contribution in [0, 0.1) is 41.4 Å². The van der Waals surface area contributed by atoms with E-state index in [1.54, 1.807) is 7.11 Å². The summed E-state index contributed by atoms with van der Waals surface area (Å²) in [6.07, 6.45) is 22.7. The summed E-state index contributed by atoms with van der Waals surface area (Å²) < 4.78 is 10.9. The molecule has 5 atom stereocenters. The highest BCUT2D eigenvalue weighted by Crippen LogP contribution is 2.47. The molecule has 5 unspecified atom stereocenters. The number of unbranched alkanes of at least 4 members (excludes halogenated alkanes) is 2. The van der Waals surface area contributed by atoms with Crippen LogP contribution in [0.4, 0.5) is 0 Å². The lowest BCUT2D eigenvalue weighted by atomic mass is 9.63.